The minimum atomic E-state index is -0.0483. The molecule has 2 aromatic carbocycles. The largest absolute Gasteiger partial charge is 0.497 e. The Morgan fingerprint density at radius 1 is 1.07 bits per heavy atom. The summed E-state index contributed by atoms with van der Waals surface area (Å²) in [6, 6.07) is 12.4. The second-order valence-electron chi connectivity index (χ2n) is 6.94. The van der Waals surface area contributed by atoms with Gasteiger partial charge in [0.05, 0.1) is 23.7 Å². The number of nitrogens with zero attached hydrogens (tertiary/aromatic N) is 4. The zero-order chi connectivity index (χ0) is 21.1. The molecular formula is C21H20Cl2N4O3. The quantitative estimate of drug-likeness (QED) is 0.589. The van der Waals surface area contributed by atoms with E-state index in [0.29, 0.717) is 60.0 Å². The Kier molecular flexibility index (Phi) is 6.22. The van der Waals surface area contributed by atoms with E-state index in [1.807, 2.05) is 29.2 Å². The molecule has 1 fully saturated rings. The Morgan fingerprint density at radius 3 is 2.47 bits per heavy atom. The molecule has 0 bridgehead atoms. The first kappa shape index (κ1) is 20.7. The summed E-state index contributed by atoms with van der Waals surface area (Å²) in [5, 5.41) is 4.88. The van der Waals surface area contributed by atoms with Gasteiger partial charge < -0.3 is 14.2 Å². The van der Waals surface area contributed by atoms with Gasteiger partial charge >= 0.3 is 0 Å². The Bertz CT molecular complexity index is 1030. The third kappa shape index (κ3) is 4.59. The Balaban J connectivity index is 1.33. The van der Waals surface area contributed by atoms with E-state index in [9.17, 15) is 4.79 Å². The highest BCUT2D eigenvalue weighted by atomic mass is 35.5. The number of ether oxygens (including phenoxy) is 1. The minimum Gasteiger partial charge on any atom is -0.497 e. The topological polar surface area (TPSA) is 71.7 Å². The van der Waals surface area contributed by atoms with Crippen LogP contribution in [0, 0.1) is 0 Å². The number of carbonyl (C=O) groups excluding carboxylic acids is 1. The first-order valence-electron chi connectivity index (χ1n) is 9.47. The van der Waals surface area contributed by atoms with E-state index >= 15 is 0 Å². The summed E-state index contributed by atoms with van der Waals surface area (Å²) in [6.45, 7) is 3.19. The van der Waals surface area contributed by atoms with Crippen molar-refractivity contribution in [3.63, 3.8) is 0 Å². The molecule has 0 radical (unpaired) electrons. The van der Waals surface area contributed by atoms with E-state index in [0.717, 1.165) is 11.3 Å². The average Bonchev–Trinajstić information content (AvgIpc) is 3.24. The molecule has 0 unspecified atom stereocenters. The molecule has 0 N–H and O–H groups in total. The summed E-state index contributed by atoms with van der Waals surface area (Å²) in [5.74, 6) is 1.81. The fourth-order valence-electron chi connectivity index (χ4n) is 3.29. The number of carbonyl (C=O) groups is 1. The molecule has 0 saturated carbocycles. The minimum absolute atomic E-state index is 0.0483. The predicted molar refractivity (Wildman–Crippen MR) is 114 cm³/mol. The highest BCUT2D eigenvalue weighted by Crippen LogP contribution is 2.24. The molecule has 2 heterocycles. The predicted octanol–water partition coefficient (Wildman–Crippen LogP) is 4.01. The number of benzene rings is 2. The van der Waals surface area contributed by atoms with Crippen molar-refractivity contribution in [3.05, 3.63) is 64.0 Å². The van der Waals surface area contributed by atoms with Gasteiger partial charge in [-0.15, -0.1) is 0 Å². The van der Waals surface area contributed by atoms with Gasteiger partial charge in [0.1, 0.15) is 5.75 Å². The second kappa shape index (κ2) is 9.04. The molecule has 1 saturated heterocycles. The maximum atomic E-state index is 12.7. The standard InChI is InChI=1S/C21H20Cl2N4O3/c1-29-16-5-2-14(3-6-16)20-24-19(30-25-20)13-26-8-10-27(11-9-26)21(28)15-4-7-17(22)18(23)12-15/h2-7,12H,8-11,13H2,1H3. The second-order valence-corrected chi connectivity index (χ2v) is 7.75. The van der Waals surface area contributed by atoms with Gasteiger partial charge in [0, 0.05) is 37.3 Å². The molecule has 0 spiro atoms. The summed E-state index contributed by atoms with van der Waals surface area (Å²) >= 11 is 12.0. The molecular weight excluding hydrogens is 427 g/mol. The van der Waals surface area contributed by atoms with Gasteiger partial charge in [-0.2, -0.15) is 4.98 Å². The monoisotopic (exact) mass is 446 g/mol. The molecule has 9 heteroatoms. The van der Waals surface area contributed by atoms with Crippen molar-refractivity contribution < 1.29 is 14.1 Å². The smallest absolute Gasteiger partial charge is 0.253 e. The van der Waals surface area contributed by atoms with Crippen LogP contribution in [0.15, 0.2) is 47.0 Å². The molecule has 3 aromatic rings. The molecule has 0 atom stereocenters. The number of halogens is 2. The van der Waals surface area contributed by atoms with E-state index in [-0.39, 0.29) is 5.91 Å². The molecule has 1 aromatic heterocycles. The normalized spacial score (nSPS) is 14.7. The molecule has 30 heavy (non-hydrogen) atoms. The molecule has 0 aliphatic carbocycles. The Labute approximate surface area is 184 Å². The van der Waals surface area contributed by atoms with Crippen LogP contribution in [0.3, 0.4) is 0 Å². The van der Waals surface area contributed by atoms with E-state index in [2.05, 4.69) is 15.0 Å². The van der Waals surface area contributed by atoms with Crippen molar-refractivity contribution in [2.24, 2.45) is 0 Å². The van der Waals surface area contributed by atoms with E-state index in [1.54, 1.807) is 25.3 Å². The average molecular weight is 447 g/mol. The van der Waals surface area contributed by atoms with Crippen LogP contribution in [0.5, 0.6) is 5.75 Å². The number of piperazine rings is 1. The number of methoxy groups -OCH3 is 1. The summed E-state index contributed by atoms with van der Waals surface area (Å²) < 4.78 is 10.6. The Hall–Kier alpha value is -2.61. The third-order valence-electron chi connectivity index (χ3n) is 5.00. The number of hydrogen-bond donors (Lipinski definition) is 0. The third-order valence-corrected chi connectivity index (χ3v) is 5.74. The molecule has 1 amide bonds. The van der Waals surface area contributed by atoms with Gasteiger partial charge in [-0.3, -0.25) is 9.69 Å². The van der Waals surface area contributed by atoms with Crippen LogP contribution < -0.4 is 4.74 Å². The van der Waals surface area contributed by atoms with Gasteiger partial charge in [0.25, 0.3) is 5.91 Å². The fraction of sp³-hybridized carbons (Fsp3) is 0.286. The van der Waals surface area contributed by atoms with Gasteiger partial charge in [0.15, 0.2) is 0 Å². The maximum Gasteiger partial charge on any atom is 0.253 e. The van der Waals surface area contributed by atoms with Crippen molar-refractivity contribution in [2.45, 2.75) is 6.54 Å². The van der Waals surface area contributed by atoms with Crippen LogP contribution in [-0.4, -0.2) is 59.1 Å². The number of hydrogen-bond acceptors (Lipinski definition) is 6. The Morgan fingerprint density at radius 2 is 1.80 bits per heavy atom. The van der Waals surface area contributed by atoms with Crippen LogP contribution >= 0.6 is 23.2 Å². The lowest BCUT2D eigenvalue weighted by Crippen LogP contribution is -2.48. The van der Waals surface area contributed by atoms with Crippen LogP contribution in [-0.2, 0) is 6.54 Å². The van der Waals surface area contributed by atoms with Crippen molar-refractivity contribution in [2.75, 3.05) is 33.3 Å². The summed E-state index contributed by atoms with van der Waals surface area (Å²) in [6.07, 6.45) is 0. The lowest BCUT2D eigenvalue weighted by Gasteiger charge is -2.34. The number of aromatic nitrogens is 2. The first-order chi connectivity index (χ1) is 14.5. The summed E-state index contributed by atoms with van der Waals surface area (Å²) in [7, 11) is 1.62. The molecule has 4 rings (SSSR count). The zero-order valence-electron chi connectivity index (χ0n) is 16.3. The van der Waals surface area contributed by atoms with Gasteiger partial charge in [0.2, 0.25) is 11.7 Å². The van der Waals surface area contributed by atoms with Gasteiger partial charge in [-0.25, -0.2) is 0 Å². The molecule has 1 aliphatic heterocycles. The summed E-state index contributed by atoms with van der Waals surface area (Å²) in [4.78, 5) is 21.2. The lowest BCUT2D eigenvalue weighted by molar-refractivity contribution is 0.0615. The van der Waals surface area contributed by atoms with Crippen molar-refractivity contribution in [3.8, 4) is 17.1 Å². The fourth-order valence-corrected chi connectivity index (χ4v) is 3.59. The van der Waals surface area contributed by atoms with Crippen LogP contribution in [0.25, 0.3) is 11.4 Å². The van der Waals surface area contributed by atoms with E-state index < -0.39 is 0 Å². The van der Waals surface area contributed by atoms with Crippen molar-refractivity contribution in [1.29, 1.82) is 0 Å². The molecule has 7 nitrogen and oxygen atoms in total. The summed E-state index contributed by atoms with van der Waals surface area (Å²) in [5.41, 5.74) is 1.40. The van der Waals surface area contributed by atoms with Crippen LogP contribution in [0.2, 0.25) is 10.0 Å². The lowest BCUT2D eigenvalue weighted by atomic mass is 10.2. The van der Waals surface area contributed by atoms with Gasteiger partial charge in [-0.05, 0) is 42.5 Å². The zero-order valence-corrected chi connectivity index (χ0v) is 17.9. The van der Waals surface area contributed by atoms with Crippen LogP contribution in [0.4, 0.5) is 0 Å². The highest BCUT2D eigenvalue weighted by molar-refractivity contribution is 6.42. The molecule has 156 valence electrons. The molecule has 1 aliphatic rings. The SMILES string of the molecule is COc1ccc(-c2noc(CN3CCN(C(=O)c4ccc(Cl)c(Cl)c4)CC3)n2)cc1. The number of rotatable bonds is 5. The maximum absolute atomic E-state index is 12.7. The van der Waals surface area contributed by atoms with Crippen molar-refractivity contribution >= 4 is 29.1 Å². The van der Waals surface area contributed by atoms with Crippen molar-refractivity contribution in [1.82, 2.24) is 19.9 Å². The van der Waals surface area contributed by atoms with E-state index in [4.69, 9.17) is 32.5 Å². The van der Waals surface area contributed by atoms with Crippen LogP contribution in [0.1, 0.15) is 16.2 Å². The van der Waals surface area contributed by atoms with E-state index in [1.165, 1.54) is 0 Å². The highest BCUT2D eigenvalue weighted by Gasteiger charge is 2.24. The number of amides is 1. The first-order valence-corrected chi connectivity index (χ1v) is 10.2. The van der Waals surface area contributed by atoms with Gasteiger partial charge in [-0.1, -0.05) is 28.4 Å².